The first-order valence-electron chi connectivity index (χ1n) is 12.4. The van der Waals surface area contributed by atoms with Crippen molar-refractivity contribution in [3.8, 4) is 5.75 Å². The highest BCUT2D eigenvalue weighted by Gasteiger charge is 2.24. The highest BCUT2D eigenvalue weighted by Crippen LogP contribution is 2.29. The van der Waals surface area contributed by atoms with Gasteiger partial charge >= 0.3 is 0 Å². The SMILES string of the molecule is COCC(=O)N1CCCC(CCCN2CCC(Cc3cc(OC(C)C)ccc3Br)CC2)C1. The lowest BCUT2D eigenvalue weighted by atomic mass is 9.89. The fourth-order valence-electron chi connectivity index (χ4n) is 5.12. The van der Waals surface area contributed by atoms with Crippen LogP contribution in [0, 0.1) is 11.8 Å². The molecule has 2 heterocycles. The Balaban J connectivity index is 1.36. The molecule has 2 saturated heterocycles. The molecule has 1 atom stereocenters. The van der Waals surface area contributed by atoms with Gasteiger partial charge in [0.25, 0.3) is 0 Å². The Morgan fingerprint density at radius 1 is 1.16 bits per heavy atom. The summed E-state index contributed by atoms with van der Waals surface area (Å²) in [6.45, 7) is 9.77. The molecule has 0 radical (unpaired) electrons. The molecule has 0 bridgehead atoms. The van der Waals surface area contributed by atoms with Gasteiger partial charge in [-0.25, -0.2) is 0 Å². The second-order valence-corrected chi connectivity index (χ2v) is 10.7. The van der Waals surface area contributed by atoms with Crippen LogP contribution in [0.25, 0.3) is 0 Å². The third-order valence-corrected chi connectivity index (χ3v) is 7.60. The quantitative estimate of drug-likeness (QED) is 0.437. The van der Waals surface area contributed by atoms with E-state index in [-0.39, 0.29) is 18.6 Å². The van der Waals surface area contributed by atoms with Crippen LogP contribution in [0.4, 0.5) is 0 Å². The molecule has 1 aromatic rings. The standard InChI is InChI=1S/C26H41BrN2O3/c1-20(2)32-24-8-9-25(27)23(17-24)16-21-10-14-28(15-11-21)12-4-6-22-7-5-13-29(18-22)26(30)19-31-3/h8-9,17,20-22H,4-7,10-16,18-19H2,1-3H3. The number of amides is 1. The minimum atomic E-state index is 0.146. The Kier molecular flexibility index (Phi) is 10.3. The smallest absolute Gasteiger partial charge is 0.248 e. The second kappa shape index (κ2) is 13.0. The highest BCUT2D eigenvalue weighted by molar-refractivity contribution is 9.10. The van der Waals surface area contributed by atoms with Crippen LogP contribution in [0.15, 0.2) is 22.7 Å². The second-order valence-electron chi connectivity index (χ2n) is 9.83. The Hall–Kier alpha value is -1.11. The normalized spacial score (nSPS) is 20.7. The molecule has 2 aliphatic heterocycles. The van der Waals surface area contributed by atoms with Crippen molar-refractivity contribution >= 4 is 21.8 Å². The number of halogens is 1. The first-order valence-corrected chi connectivity index (χ1v) is 13.2. The Labute approximate surface area is 202 Å². The van der Waals surface area contributed by atoms with Crippen LogP contribution in [-0.2, 0) is 16.0 Å². The van der Waals surface area contributed by atoms with E-state index >= 15 is 0 Å². The van der Waals surface area contributed by atoms with Gasteiger partial charge in [0.2, 0.25) is 5.91 Å². The summed E-state index contributed by atoms with van der Waals surface area (Å²) in [6.07, 6.45) is 8.72. The van der Waals surface area contributed by atoms with Crippen LogP contribution in [0.1, 0.15) is 57.9 Å². The third-order valence-electron chi connectivity index (χ3n) is 6.83. The molecule has 180 valence electrons. The molecule has 5 nitrogen and oxygen atoms in total. The Bertz CT molecular complexity index is 719. The minimum absolute atomic E-state index is 0.146. The van der Waals surface area contributed by atoms with Gasteiger partial charge in [-0.3, -0.25) is 4.79 Å². The molecule has 32 heavy (non-hydrogen) atoms. The fraction of sp³-hybridized carbons (Fsp3) is 0.731. The van der Waals surface area contributed by atoms with Crippen molar-refractivity contribution in [1.82, 2.24) is 9.80 Å². The predicted octanol–water partition coefficient (Wildman–Crippen LogP) is 5.16. The molecule has 0 aromatic heterocycles. The zero-order valence-electron chi connectivity index (χ0n) is 20.2. The number of methoxy groups -OCH3 is 1. The van der Waals surface area contributed by atoms with Gasteiger partial charge in [-0.15, -0.1) is 0 Å². The van der Waals surface area contributed by atoms with Crippen molar-refractivity contribution in [2.24, 2.45) is 11.8 Å². The maximum Gasteiger partial charge on any atom is 0.248 e. The molecule has 1 aromatic carbocycles. The lowest BCUT2D eigenvalue weighted by Gasteiger charge is -2.34. The van der Waals surface area contributed by atoms with E-state index in [0.717, 1.165) is 37.6 Å². The number of carbonyl (C=O) groups excluding carboxylic acids is 1. The molecule has 1 unspecified atom stereocenters. The number of nitrogens with zero attached hydrogens (tertiary/aromatic N) is 2. The maximum absolute atomic E-state index is 12.1. The number of piperidine rings is 2. The van der Waals surface area contributed by atoms with Crippen LogP contribution >= 0.6 is 15.9 Å². The highest BCUT2D eigenvalue weighted by atomic mass is 79.9. The molecule has 3 rings (SSSR count). The minimum Gasteiger partial charge on any atom is -0.491 e. The molecular weight excluding hydrogens is 468 g/mol. The lowest BCUT2D eigenvalue weighted by molar-refractivity contribution is -0.137. The van der Waals surface area contributed by atoms with Crippen LogP contribution < -0.4 is 4.74 Å². The van der Waals surface area contributed by atoms with Gasteiger partial charge in [-0.2, -0.15) is 0 Å². The Morgan fingerprint density at radius 2 is 1.94 bits per heavy atom. The van der Waals surface area contributed by atoms with Crippen LogP contribution in [-0.4, -0.2) is 68.3 Å². The molecule has 0 saturated carbocycles. The van der Waals surface area contributed by atoms with Crippen molar-refractivity contribution in [3.63, 3.8) is 0 Å². The van der Waals surface area contributed by atoms with E-state index in [4.69, 9.17) is 9.47 Å². The summed E-state index contributed by atoms with van der Waals surface area (Å²) in [7, 11) is 1.60. The van der Waals surface area contributed by atoms with Gasteiger partial charge in [0.15, 0.2) is 0 Å². The van der Waals surface area contributed by atoms with Crippen molar-refractivity contribution in [3.05, 3.63) is 28.2 Å². The van der Waals surface area contributed by atoms with Crippen molar-refractivity contribution in [2.45, 2.75) is 64.9 Å². The molecule has 6 heteroatoms. The van der Waals surface area contributed by atoms with E-state index in [9.17, 15) is 4.79 Å². The average molecular weight is 510 g/mol. The van der Waals surface area contributed by atoms with Crippen molar-refractivity contribution in [1.29, 1.82) is 0 Å². The van der Waals surface area contributed by atoms with E-state index in [1.807, 2.05) is 4.90 Å². The molecular formula is C26H41BrN2O3. The summed E-state index contributed by atoms with van der Waals surface area (Å²) < 4.78 is 12.1. The third kappa shape index (κ3) is 8.03. The van der Waals surface area contributed by atoms with E-state index in [1.54, 1.807) is 7.11 Å². The summed E-state index contributed by atoms with van der Waals surface area (Å²) in [5.74, 6) is 2.52. The van der Waals surface area contributed by atoms with E-state index in [1.165, 1.54) is 61.8 Å². The number of carbonyl (C=O) groups is 1. The van der Waals surface area contributed by atoms with E-state index in [2.05, 4.69) is 52.9 Å². The fourth-order valence-corrected chi connectivity index (χ4v) is 5.53. The molecule has 1 amide bonds. The Morgan fingerprint density at radius 3 is 2.66 bits per heavy atom. The number of likely N-dealkylation sites (tertiary alicyclic amines) is 2. The van der Waals surface area contributed by atoms with Gasteiger partial charge < -0.3 is 19.3 Å². The maximum atomic E-state index is 12.1. The van der Waals surface area contributed by atoms with Gasteiger partial charge in [0.05, 0.1) is 6.10 Å². The number of hydrogen-bond donors (Lipinski definition) is 0. The molecule has 2 fully saturated rings. The number of ether oxygens (including phenoxy) is 2. The van der Waals surface area contributed by atoms with Crippen molar-refractivity contribution < 1.29 is 14.3 Å². The average Bonchev–Trinajstić information content (AvgIpc) is 2.77. The number of benzene rings is 1. The lowest BCUT2D eigenvalue weighted by Crippen LogP contribution is -2.42. The predicted molar refractivity (Wildman–Crippen MR) is 133 cm³/mol. The first kappa shape index (κ1) is 25.5. The van der Waals surface area contributed by atoms with Crippen LogP contribution in [0.3, 0.4) is 0 Å². The van der Waals surface area contributed by atoms with E-state index in [0.29, 0.717) is 5.92 Å². The summed E-state index contributed by atoms with van der Waals surface area (Å²) in [5.41, 5.74) is 1.37. The zero-order valence-corrected chi connectivity index (χ0v) is 21.7. The number of rotatable bonds is 10. The molecule has 2 aliphatic rings. The van der Waals surface area contributed by atoms with Crippen molar-refractivity contribution in [2.75, 3.05) is 46.4 Å². The summed E-state index contributed by atoms with van der Waals surface area (Å²) in [6, 6.07) is 6.38. The monoisotopic (exact) mass is 508 g/mol. The van der Waals surface area contributed by atoms with E-state index < -0.39 is 0 Å². The molecule has 0 spiro atoms. The molecule has 0 aliphatic carbocycles. The van der Waals surface area contributed by atoms with Crippen LogP contribution in [0.2, 0.25) is 0 Å². The number of hydrogen-bond acceptors (Lipinski definition) is 4. The van der Waals surface area contributed by atoms with Gasteiger partial charge in [-0.1, -0.05) is 15.9 Å². The topological polar surface area (TPSA) is 42.0 Å². The zero-order chi connectivity index (χ0) is 22.9. The first-order chi connectivity index (χ1) is 15.4. The van der Waals surface area contributed by atoms with Gasteiger partial charge in [-0.05, 0) is 114 Å². The van der Waals surface area contributed by atoms with Gasteiger partial charge in [0.1, 0.15) is 12.4 Å². The molecule has 0 N–H and O–H groups in total. The summed E-state index contributed by atoms with van der Waals surface area (Å²) >= 11 is 3.73. The van der Waals surface area contributed by atoms with Gasteiger partial charge in [0, 0.05) is 24.7 Å². The summed E-state index contributed by atoms with van der Waals surface area (Å²) in [4.78, 5) is 16.7. The largest absolute Gasteiger partial charge is 0.491 e. The van der Waals surface area contributed by atoms with Crippen LogP contribution in [0.5, 0.6) is 5.75 Å². The summed E-state index contributed by atoms with van der Waals surface area (Å²) in [5, 5.41) is 0.